The molecule has 2 aromatic carbocycles. The summed E-state index contributed by atoms with van der Waals surface area (Å²) in [6.07, 6.45) is 2.87. The Balaban J connectivity index is 1.67. The number of hydrogen-bond acceptors (Lipinski definition) is 4. The van der Waals surface area contributed by atoms with E-state index < -0.39 is 10.0 Å². The first-order chi connectivity index (χ1) is 12.9. The maximum atomic E-state index is 12.7. The molecule has 7 heteroatoms. The van der Waals surface area contributed by atoms with Crippen LogP contribution in [-0.2, 0) is 21.2 Å². The van der Waals surface area contributed by atoms with Crippen molar-refractivity contribution in [2.45, 2.75) is 30.2 Å². The van der Waals surface area contributed by atoms with Crippen LogP contribution in [0.25, 0.3) is 0 Å². The monoisotopic (exact) mass is 388 g/mol. The summed E-state index contributed by atoms with van der Waals surface area (Å²) in [4.78, 5) is 12.6. The van der Waals surface area contributed by atoms with E-state index in [1.807, 2.05) is 18.2 Å². The Bertz CT molecular complexity index is 910. The lowest BCUT2D eigenvalue weighted by Gasteiger charge is -2.27. The number of carbonyl (C=O) groups is 1. The minimum Gasteiger partial charge on any atom is -0.497 e. The fraction of sp³-hybridized carbons (Fsp3) is 0.350. The molecule has 0 saturated heterocycles. The van der Waals surface area contributed by atoms with Crippen molar-refractivity contribution < 1.29 is 17.9 Å². The van der Waals surface area contributed by atoms with Gasteiger partial charge in [0, 0.05) is 7.05 Å². The number of likely N-dealkylation sites (N-methyl/N-ethyl adjacent to an activating group) is 1. The van der Waals surface area contributed by atoms with Crippen LogP contribution in [0.5, 0.6) is 5.75 Å². The molecule has 0 heterocycles. The summed E-state index contributed by atoms with van der Waals surface area (Å²) < 4.78 is 31.4. The fourth-order valence-electron chi connectivity index (χ4n) is 3.36. The third kappa shape index (κ3) is 4.31. The lowest BCUT2D eigenvalue weighted by Crippen LogP contribution is -2.40. The van der Waals surface area contributed by atoms with E-state index in [-0.39, 0.29) is 23.4 Å². The number of fused-ring (bicyclic) bond motifs is 1. The second-order valence-corrected chi connectivity index (χ2v) is 8.69. The molecule has 0 fully saturated rings. The molecule has 1 atom stereocenters. The highest BCUT2D eigenvalue weighted by Crippen LogP contribution is 2.29. The molecule has 2 aromatic rings. The Hall–Kier alpha value is -2.38. The number of nitrogens with zero attached hydrogens (tertiary/aromatic N) is 1. The SMILES string of the molecule is COc1ccc(S(=O)(=O)N(C)CC(=O)N[C@@H]2CCCc3ccccc32)cc1. The third-order valence-corrected chi connectivity index (χ3v) is 6.66. The van der Waals surface area contributed by atoms with Gasteiger partial charge in [-0.3, -0.25) is 4.79 Å². The van der Waals surface area contributed by atoms with Gasteiger partial charge in [0.05, 0.1) is 24.6 Å². The lowest BCUT2D eigenvalue weighted by molar-refractivity contribution is -0.122. The minimum atomic E-state index is -3.74. The van der Waals surface area contributed by atoms with E-state index in [2.05, 4.69) is 11.4 Å². The van der Waals surface area contributed by atoms with Crippen molar-refractivity contribution in [1.82, 2.24) is 9.62 Å². The van der Waals surface area contributed by atoms with E-state index in [4.69, 9.17) is 4.74 Å². The predicted molar refractivity (Wildman–Crippen MR) is 103 cm³/mol. The van der Waals surface area contributed by atoms with Crippen LogP contribution in [0.15, 0.2) is 53.4 Å². The Kier molecular flexibility index (Phi) is 5.82. The number of sulfonamides is 1. The summed E-state index contributed by atoms with van der Waals surface area (Å²) in [7, 11) is -0.815. The molecule has 1 N–H and O–H groups in total. The summed E-state index contributed by atoms with van der Waals surface area (Å²) in [6.45, 7) is -0.229. The minimum absolute atomic E-state index is 0.0699. The van der Waals surface area contributed by atoms with Crippen molar-refractivity contribution >= 4 is 15.9 Å². The quantitative estimate of drug-likeness (QED) is 0.825. The molecule has 0 saturated carbocycles. The molecule has 0 bridgehead atoms. The van der Waals surface area contributed by atoms with Crippen molar-refractivity contribution in [3.63, 3.8) is 0 Å². The number of methoxy groups -OCH3 is 1. The molecule has 1 aliphatic carbocycles. The van der Waals surface area contributed by atoms with Gasteiger partial charge >= 0.3 is 0 Å². The van der Waals surface area contributed by atoms with Gasteiger partial charge in [-0.05, 0) is 54.7 Å². The zero-order valence-corrected chi connectivity index (χ0v) is 16.3. The van der Waals surface area contributed by atoms with Crippen LogP contribution in [0.4, 0.5) is 0 Å². The second-order valence-electron chi connectivity index (χ2n) is 6.65. The van der Waals surface area contributed by atoms with Gasteiger partial charge in [-0.1, -0.05) is 24.3 Å². The van der Waals surface area contributed by atoms with Gasteiger partial charge in [-0.15, -0.1) is 0 Å². The van der Waals surface area contributed by atoms with E-state index in [0.29, 0.717) is 5.75 Å². The molecular formula is C20H24N2O4S. The van der Waals surface area contributed by atoms with Gasteiger partial charge in [-0.25, -0.2) is 8.42 Å². The van der Waals surface area contributed by atoms with Crippen LogP contribution in [0.2, 0.25) is 0 Å². The first-order valence-corrected chi connectivity index (χ1v) is 10.3. The highest BCUT2D eigenvalue weighted by Gasteiger charge is 2.26. The van der Waals surface area contributed by atoms with Gasteiger partial charge in [-0.2, -0.15) is 4.31 Å². The van der Waals surface area contributed by atoms with E-state index in [1.165, 1.54) is 31.9 Å². The number of amides is 1. The smallest absolute Gasteiger partial charge is 0.243 e. The van der Waals surface area contributed by atoms with Gasteiger partial charge in [0.25, 0.3) is 0 Å². The number of nitrogens with one attached hydrogen (secondary N) is 1. The first kappa shape index (κ1) is 19.4. The molecular weight excluding hydrogens is 364 g/mol. The fourth-order valence-corrected chi connectivity index (χ4v) is 4.49. The van der Waals surface area contributed by atoms with Crippen molar-refractivity contribution in [2.24, 2.45) is 0 Å². The molecule has 6 nitrogen and oxygen atoms in total. The Labute approximate surface area is 160 Å². The number of aryl methyl sites for hydroxylation is 1. The normalized spacial score (nSPS) is 16.6. The van der Waals surface area contributed by atoms with Crippen molar-refractivity contribution in [1.29, 1.82) is 0 Å². The molecule has 3 rings (SSSR count). The molecule has 0 aromatic heterocycles. The Morgan fingerprint density at radius 3 is 2.59 bits per heavy atom. The number of carbonyl (C=O) groups excluding carboxylic acids is 1. The number of benzene rings is 2. The summed E-state index contributed by atoms with van der Waals surface area (Å²) in [5.74, 6) is 0.265. The van der Waals surface area contributed by atoms with E-state index >= 15 is 0 Å². The summed E-state index contributed by atoms with van der Waals surface area (Å²) >= 11 is 0. The zero-order chi connectivity index (χ0) is 19.4. The topological polar surface area (TPSA) is 75.7 Å². The first-order valence-electron chi connectivity index (χ1n) is 8.89. The number of rotatable bonds is 6. The maximum absolute atomic E-state index is 12.7. The van der Waals surface area contributed by atoms with Crippen molar-refractivity contribution in [3.05, 3.63) is 59.7 Å². The van der Waals surface area contributed by atoms with Gasteiger partial charge in [0.1, 0.15) is 5.75 Å². The van der Waals surface area contributed by atoms with Gasteiger partial charge in [0.2, 0.25) is 15.9 Å². The van der Waals surface area contributed by atoms with Crippen molar-refractivity contribution in [3.8, 4) is 5.75 Å². The Morgan fingerprint density at radius 1 is 1.19 bits per heavy atom. The number of hydrogen-bond donors (Lipinski definition) is 1. The predicted octanol–water partition coefficient (Wildman–Crippen LogP) is 2.51. The van der Waals surface area contributed by atoms with Gasteiger partial charge < -0.3 is 10.1 Å². The van der Waals surface area contributed by atoms with Crippen LogP contribution in [0.1, 0.15) is 30.0 Å². The largest absolute Gasteiger partial charge is 0.497 e. The molecule has 0 unspecified atom stereocenters. The summed E-state index contributed by atoms with van der Waals surface area (Å²) in [5, 5.41) is 2.98. The summed E-state index contributed by atoms with van der Waals surface area (Å²) in [5.41, 5.74) is 2.37. The van der Waals surface area contributed by atoms with Crippen LogP contribution in [0, 0.1) is 0 Å². The molecule has 144 valence electrons. The second kappa shape index (κ2) is 8.10. The average Bonchev–Trinajstić information content (AvgIpc) is 2.68. The molecule has 27 heavy (non-hydrogen) atoms. The zero-order valence-electron chi connectivity index (χ0n) is 15.5. The highest BCUT2D eigenvalue weighted by molar-refractivity contribution is 7.89. The highest BCUT2D eigenvalue weighted by atomic mass is 32.2. The molecule has 1 aliphatic rings. The third-order valence-electron chi connectivity index (χ3n) is 4.84. The number of ether oxygens (including phenoxy) is 1. The Morgan fingerprint density at radius 2 is 1.89 bits per heavy atom. The van der Waals surface area contributed by atoms with E-state index in [1.54, 1.807) is 12.1 Å². The van der Waals surface area contributed by atoms with Crippen LogP contribution in [0.3, 0.4) is 0 Å². The van der Waals surface area contributed by atoms with Crippen LogP contribution >= 0.6 is 0 Å². The molecule has 0 spiro atoms. The maximum Gasteiger partial charge on any atom is 0.243 e. The molecule has 0 aliphatic heterocycles. The van der Waals surface area contributed by atoms with Crippen LogP contribution < -0.4 is 10.1 Å². The van der Waals surface area contributed by atoms with Crippen LogP contribution in [-0.4, -0.2) is 39.3 Å². The molecule has 0 radical (unpaired) electrons. The van der Waals surface area contributed by atoms with E-state index in [9.17, 15) is 13.2 Å². The van der Waals surface area contributed by atoms with Crippen molar-refractivity contribution in [2.75, 3.05) is 20.7 Å². The van der Waals surface area contributed by atoms with Gasteiger partial charge in [0.15, 0.2) is 0 Å². The molecule has 1 amide bonds. The van der Waals surface area contributed by atoms with E-state index in [0.717, 1.165) is 29.1 Å². The lowest BCUT2D eigenvalue weighted by atomic mass is 9.88. The average molecular weight is 388 g/mol. The standard InChI is InChI=1S/C20H24N2O4S/c1-22(27(24,25)17-12-10-16(26-2)11-13-17)14-20(23)21-19-9-5-7-15-6-3-4-8-18(15)19/h3-4,6,8,10-13,19H,5,7,9,14H2,1-2H3,(H,21,23)/t19-/m1/s1. The summed E-state index contributed by atoms with van der Waals surface area (Å²) in [6, 6.07) is 14.1.